The summed E-state index contributed by atoms with van der Waals surface area (Å²) < 4.78 is 7.32. The molecule has 92 valence electrons. The van der Waals surface area contributed by atoms with Gasteiger partial charge in [-0.3, -0.25) is 0 Å². The molecular formula is C13H16BrNOS. The smallest absolute Gasteiger partial charge is 0.125 e. The maximum Gasteiger partial charge on any atom is 0.125 e. The van der Waals surface area contributed by atoms with Gasteiger partial charge in [-0.25, -0.2) is 0 Å². The minimum atomic E-state index is -0.0235. The van der Waals surface area contributed by atoms with Crippen LogP contribution in [0.1, 0.15) is 31.4 Å². The Balaban J connectivity index is 1.96. The SMILES string of the molecule is CC1CC2(CS1)CC(N)c1cc(Br)ccc1O2. The predicted molar refractivity (Wildman–Crippen MR) is 75.6 cm³/mol. The summed E-state index contributed by atoms with van der Waals surface area (Å²) in [4.78, 5) is 0. The Bertz CT molecular complexity index is 453. The normalized spacial score (nSPS) is 35.7. The number of rotatable bonds is 0. The predicted octanol–water partition coefficient (Wildman–Crippen LogP) is 3.50. The highest BCUT2D eigenvalue weighted by Crippen LogP contribution is 2.47. The van der Waals surface area contributed by atoms with Crippen LogP contribution in [0.4, 0.5) is 0 Å². The molecule has 0 aliphatic carbocycles. The molecule has 0 saturated carbocycles. The fourth-order valence-corrected chi connectivity index (χ4v) is 4.52. The van der Waals surface area contributed by atoms with Crippen molar-refractivity contribution >= 4 is 27.7 Å². The van der Waals surface area contributed by atoms with Gasteiger partial charge in [0.25, 0.3) is 0 Å². The van der Waals surface area contributed by atoms with Gasteiger partial charge in [0.1, 0.15) is 11.4 Å². The van der Waals surface area contributed by atoms with Crippen molar-refractivity contribution in [2.75, 3.05) is 5.75 Å². The number of ether oxygens (including phenoxy) is 1. The van der Waals surface area contributed by atoms with E-state index in [0.29, 0.717) is 5.25 Å². The van der Waals surface area contributed by atoms with Crippen molar-refractivity contribution in [3.8, 4) is 5.75 Å². The van der Waals surface area contributed by atoms with Gasteiger partial charge in [-0.15, -0.1) is 0 Å². The zero-order valence-electron chi connectivity index (χ0n) is 9.78. The zero-order valence-corrected chi connectivity index (χ0v) is 12.2. The first-order valence-electron chi connectivity index (χ1n) is 5.94. The first-order valence-corrected chi connectivity index (χ1v) is 7.78. The number of hydrogen-bond donors (Lipinski definition) is 1. The van der Waals surface area contributed by atoms with E-state index in [1.165, 1.54) is 0 Å². The third kappa shape index (κ3) is 2.11. The fraction of sp³-hybridized carbons (Fsp3) is 0.538. The second-order valence-electron chi connectivity index (χ2n) is 5.10. The molecule has 1 spiro atoms. The van der Waals surface area contributed by atoms with Crippen molar-refractivity contribution in [1.29, 1.82) is 0 Å². The van der Waals surface area contributed by atoms with Crippen molar-refractivity contribution in [3.05, 3.63) is 28.2 Å². The lowest BCUT2D eigenvalue weighted by atomic mass is 9.86. The van der Waals surface area contributed by atoms with Crippen LogP contribution in [0, 0.1) is 0 Å². The summed E-state index contributed by atoms with van der Waals surface area (Å²) in [5, 5.41) is 0.680. The first kappa shape index (κ1) is 11.9. The van der Waals surface area contributed by atoms with Crippen LogP contribution in [-0.2, 0) is 0 Å². The summed E-state index contributed by atoms with van der Waals surface area (Å²) in [7, 11) is 0. The second-order valence-corrected chi connectivity index (χ2v) is 7.45. The van der Waals surface area contributed by atoms with E-state index in [2.05, 4.69) is 28.9 Å². The third-order valence-electron chi connectivity index (χ3n) is 3.58. The lowest BCUT2D eigenvalue weighted by molar-refractivity contribution is 0.0575. The van der Waals surface area contributed by atoms with E-state index >= 15 is 0 Å². The number of thioether (sulfide) groups is 1. The molecule has 2 N–H and O–H groups in total. The summed E-state index contributed by atoms with van der Waals surface area (Å²) in [6.07, 6.45) is 2.05. The van der Waals surface area contributed by atoms with E-state index in [0.717, 1.165) is 34.4 Å². The van der Waals surface area contributed by atoms with Crippen LogP contribution in [-0.4, -0.2) is 16.6 Å². The standard InChI is InChI=1S/C13H16BrNOS/c1-8-5-13(7-17-8)6-11(15)10-4-9(14)2-3-12(10)16-13/h2-4,8,11H,5-7,15H2,1H3. The summed E-state index contributed by atoms with van der Waals surface area (Å²) in [6.45, 7) is 2.27. The monoisotopic (exact) mass is 313 g/mol. The third-order valence-corrected chi connectivity index (χ3v) is 5.50. The first-order chi connectivity index (χ1) is 8.08. The Hall–Kier alpha value is -0.190. The molecule has 17 heavy (non-hydrogen) atoms. The Kier molecular flexibility index (Phi) is 2.92. The largest absolute Gasteiger partial charge is 0.486 e. The van der Waals surface area contributed by atoms with E-state index in [4.69, 9.17) is 10.5 Å². The lowest BCUT2D eigenvalue weighted by Gasteiger charge is -2.38. The van der Waals surface area contributed by atoms with E-state index < -0.39 is 0 Å². The lowest BCUT2D eigenvalue weighted by Crippen LogP contribution is -2.43. The van der Waals surface area contributed by atoms with Crippen LogP contribution in [0.2, 0.25) is 0 Å². The van der Waals surface area contributed by atoms with Crippen molar-refractivity contribution < 1.29 is 4.74 Å². The van der Waals surface area contributed by atoms with Gasteiger partial charge >= 0.3 is 0 Å². The van der Waals surface area contributed by atoms with E-state index in [1.54, 1.807) is 0 Å². The molecular weight excluding hydrogens is 298 g/mol. The molecule has 3 unspecified atom stereocenters. The van der Waals surface area contributed by atoms with Crippen molar-refractivity contribution in [1.82, 2.24) is 0 Å². The van der Waals surface area contributed by atoms with Gasteiger partial charge in [0, 0.05) is 33.5 Å². The molecule has 2 nitrogen and oxygen atoms in total. The number of benzene rings is 1. The number of fused-ring (bicyclic) bond motifs is 1. The highest BCUT2D eigenvalue weighted by Gasteiger charge is 2.45. The summed E-state index contributed by atoms with van der Waals surface area (Å²) in [5.74, 6) is 2.04. The van der Waals surface area contributed by atoms with Gasteiger partial charge in [0.2, 0.25) is 0 Å². The number of hydrogen-bond acceptors (Lipinski definition) is 3. The van der Waals surface area contributed by atoms with Crippen LogP contribution in [0.3, 0.4) is 0 Å². The molecule has 3 rings (SSSR count). The van der Waals surface area contributed by atoms with Crippen LogP contribution >= 0.6 is 27.7 Å². The molecule has 0 bridgehead atoms. The molecule has 0 aromatic heterocycles. The highest BCUT2D eigenvalue weighted by molar-refractivity contribution is 9.10. The molecule has 0 radical (unpaired) electrons. The number of nitrogens with two attached hydrogens (primary N) is 1. The Labute approximate surface area is 114 Å². The molecule has 0 amide bonds. The Morgan fingerprint density at radius 1 is 1.47 bits per heavy atom. The van der Waals surface area contributed by atoms with E-state index in [9.17, 15) is 0 Å². The molecule has 1 aromatic rings. The zero-order chi connectivity index (χ0) is 12.0. The minimum absolute atomic E-state index is 0.0235. The van der Waals surface area contributed by atoms with Crippen LogP contribution < -0.4 is 10.5 Å². The molecule has 1 aromatic carbocycles. The van der Waals surface area contributed by atoms with Gasteiger partial charge in [0.05, 0.1) is 0 Å². The Morgan fingerprint density at radius 3 is 3.00 bits per heavy atom. The van der Waals surface area contributed by atoms with Crippen molar-refractivity contribution in [3.63, 3.8) is 0 Å². The molecule has 1 fully saturated rings. The average Bonchev–Trinajstić information content (AvgIpc) is 2.61. The summed E-state index contributed by atoms with van der Waals surface area (Å²) in [5.41, 5.74) is 7.42. The number of halogens is 1. The molecule has 2 aliphatic rings. The van der Waals surface area contributed by atoms with Crippen LogP contribution in [0.5, 0.6) is 5.75 Å². The highest BCUT2D eigenvalue weighted by atomic mass is 79.9. The average molecular weight is 314 g/mol. The minimum Gasteiger partial charge on any atom is -0.486 e. The van der Waals surface area contributed by atoms with Crippen LogP contribution in [0.15, 0.2) is 22.7 Å². The van der Waals surface area contributed by atoms with Gasteiger partial charge in [-0.1, -0.05) is 22.9 Å². The fourth-order valence-electron chi connectivity index (χ4n) is 2.84. The Morgan fingerprint density at radius 2 is 2.29 bits per heavy atom. The topological polar surface area (TPSA) is 35.2 Å². The molecule has 2 aliphatic heterocycles. The summed E-state index contributed by atoms with van der Waals surface area (Å²) >= 11 is 5.48. The van der Waals surface area contributed by atoms with E-state index in [1.807, 2.05) is 23.9 Å². The van der Waals surface area contributed by atoms with Gasteiger partial charge < -0.3 is 10.5 Å². The molecule has 1 saturated heterocycles. The van der Waals surface area contributed by atoms with Gasteiger partial charge in [-0.05, 0) is 24.6 Å². The quantitative estimate of drug-likeness (QED) is 0.796. The van der Waals surface area contributed by atoms with Crippen molar-refractivity contribution in [2.45, 2.75) is 36.7 Å². The maximum absolute atomic E-state index is 6.31. The van der Waals surface area contributed by atoms with Crippen molar-refractivity contribution in [2.24, 2.45) is 5.73 Å². The van der Waals surface area contributed by atoms with Crippen LogP contribution in [0.25, 0.3) is 0 Å². The summed E-state index contributed by atoms with van der Waals surface area (Å²) in [6, 6.07) is 6.24. The van der Waals surface area contributed by atoms with Gasteiger partial charge in [0.15, 0.2) is 0 Å². The molecule has 3 atom stereocenters. The molecule has 2 heterocycles. The second kappa shape index (κ2) is 4.18. The molecule has 4 heteroatoms. The van der Waals surface area contributed by atoms with E-state index in [-0.39, 0.29) is 11.6 Å². The van der Waals surface area contributed by atoms with Gasteiger partial charge in [-0.2, -0.15) is 11.8 Å². The maximum atomic E-state index is 6.31.